The molecule has 0 saturated carbocycles. The van der Waals surface area contributed by atoms with Gasteiger partial charge in [0, 0.05) is 0 Å². The molecule has 0 N–H and O–H groups in total. The summed E-state index contributed by atoms with van der Waals surface area (Å²) in [7, 11) is 0. The lowest BCUT2D eigenvalue weighted by atomic mass is 10.2. The van der Waals surface area contributed by atoms with Gasteiger partial charge in [0.2, 0.25) is 0 Å². The van der Waals surface area contributed by atoms with E-state index in [2.05, 4.69) is 26.3 Å². The van der Waals surface area contributed by atoms with Crippen molar-refractivity contribution in [3.8, 4) is 5.75 Å². The van der Waals surface area contributed by atoms with E-state index in [1.165, 1.54) is 5.56 Å². The van der Waals surface area contributed by atoms with Crippen LogP contribution in [0.5, 0.6) is 5.75 Å². The largest absolute Gasteiger partial charge is 0.493 e. The summed E-state index contributed by atoms with van der Waals surface area (Å²) in [5.74, 6) is 0.958. The molecule has 65 valence electrons. The van der Waals surface area contributed by atoms with E-state index in [-0.39, 0.29) is 0 Å². The molecule has 1 heteroatoms. The molecule has 0 aliphatic carbocycles. The first kappa shape index (κ1) is 9.11. The third kappa shape index (κ3) is 2.95. The highest BCUT2D eigenvalue weighted by molar-refractivity contribution is 5.27. The van der Waals surface area contributed by atoms with Gasteiger partial charge in [-0.1, -0.05) is 19.1 Å². The van der Waals surface area contributed by atoms with E-state index in [9.17, 15) is 0 Å². The molecule has 0 heterocycles. The van der Waals surface area contributed by atoms with Gasteiger partial charge in [0.1, 0.15) is 5.75 Å². The van der Waals surface area contributed by atoms with Crippen LogP contribution in [0.15, 0.2) is 24.3 Å². The minimum absolute atomic E-state index is 0.708. The van der Waals surface area contributed by atoms with Crippen molar-refractivity contribution in [2.24, 2.45) is 0 Å². The predicted molar refractivity (Wildman–Crippen MR) is 51.3 cm³/mol. The van der Waals surface area contributed by atoms with Crippen LogP contribution in [0.4, 0.5) is 0 Å². The normalized spacial score (nSPS) is 9.83. The van der Waals surface area contributed by atoms with Gasteiger partial charge in [0.25, 0.3) is 0 Å². The fraction of sp³-hybridized carbons (Fsp3) is 0.364. The molecule has 1 rings (SSSR count). The SMILES string of the molecule is CC[CH]COc1cccc(C)c1. The lowest BCUT2D eigenvalue weighted by molar-refractivity contribution is 0.345. The van der Waals surface area contributed by atoms with Gasteiger partial charge in [0.15, 0.2) is 0 Å². The van der Waals surface area contributed by atoms with Crippen LogP contribution >= 0.6 is 0 Å². The Labute approximate surface area is 74.4 Å². The summed E-state index contributed by atoms with van der Waals surface area (Å²) in [5.41, 5.74) is 1.24. The summed E-state index contributed by atoms with van der Waals surface area (Å²) in [6.07, 6.45) is 3.17. The minimum Gasteiger partial charge on any atom is -0.493 e. The molecule has 12 heavy (non-hydrogen) atoms. The molecule has 0 aliphatic rings. The second-order valence-electron chi connectivity index (χ2n) is 2.82. The second-order valence-corrected chi connectivity index (χ2v) is 2.82. The van der Waals surface area contributed by atoms with E-state index in [0.29, 0.717) is 6.61 Å². The van der Waals surface area contributed by atoms with Crippen LogP contribution in [0.3, 0.4) is 0 Å². The topological polar surface area (TPSA) is 9.23 Å². The molecule has 0 spiro atoms. The quantitative estimate of drug-likeness (QED) is 0.620. The number of hydrogen-bond donors (Lipinski definition) is 0. The molecule has 0 unspecified atom stereocenters. The average molecular weight is 163 g/mol. The Morgan fingerprint density at radius 1 is 1.42 bits per heavy atom. The minimum atomic E-state index is 0.708. The van der Waals surface area contributed by atoms with Gasteiger partial charge in [-0.05, 0) is 37.5 Å². The number of unbranched alkanes of at least 4 members (excludes halogenated alkanes) is 1. The fourth-order valence-electron chi connectivity index (χ4n) is 0.978. The fourth-order valence-corrected chi connectivity index (χ4v) is 0.978. The van der Waals surface area contributed by atoms with E-state index < -0.39 is 0 Å². The van der Waals surface area contributed by atoms with Crippen LogP contribution in [-0.4, -0.2) is 6.61 Å². The number of benzene rings is 1. The summed E-state index contributed by atoms with van der Waals surface area (Å²) in [5, 5.41) is 0. The molecule has 1 nitrogen and oxygen atoms in total. The molecule has 0 atom stereocenters. The van der Waals surface area contributed by atoms with Crippen molar-refractivity contribution in [3.05, 3.63) is 36.2 Å². The van der Waals surface area contributed by atoms with Gasteiger partial charge in [-0.25, -0.2) is 0 Å². The first-order valence-electron chi connectivity index (χ1n) is 4.34. The zero-order valence-electron chi connectivity index (χ0n) is 7.71. The maximum absolute atomic E-state index is 5.47. The zero-order valence-corrected chi connectivity index (χ0v) is 7.71. The third-order valence-corrected chi connectivity index (χ3v) is 1.65. The van der Waals surface area contributed by atoms with Gasteiger partial charge in [0.05, 0.1) is 6.61 Å². The molecule has 0 aromatic heterocycles. The summed E-state index contributed by atoms with van der Waals surface area (Å²) in [6.45, 7) is 4.88. The Kier molecular flexibility index (Phi) is 3.65. The standard InChI is InChI=1S/C11H15O/c1-3-4-8-12-11-7-5-6-10(2)9-11/h4-7,9H,3,8H2,1-2H3. The van der Waals surface area contributed by atoms with Gasteiger partial charge in [-0.2, -0.15) is 0 Å². The van der Waals surface area contributed by atoms with Crippen molar-refractivity contribution in [2.75, 3.05) is 6.61 Å². The summed E-state index contributed by atoms with van der Waals surface area (Å²) in [6, 6.07) is 8.10. The lowest BCUT2D eigenvalue weighted by Crippen LogP contribution is -1.96. The maximum Gasteiger partial charge on any atom is 0.119 e. The van der Waals surface area contributed by atoms with Crippen LogP contribution in [-0.2, 0) is 0 Å². The average Bonchev–Trinajstić information content (AvgIpc) is 2.05. The molecular weight excluding hydrogens is 148 g/mol. The van der Waals surface area contributed by atoms with E-state index in [1.54, 1.807) is 0 Å². The monoisotopic (exact) mass is 163 g/mol. The molecule has 1 aromatic rings. The Balaban J connectivity index is 2.41. The van der Waals surface area contributed by atoms with Crippen molar-refractivity contribution in [1.29, 1.82) is 0 Å². The van der Waals surface area contributed by atoms with Crippen molar-refractivity contribution in [3.63, 3.8) is 0 Å². The smallest absolute Gasteiger partial charge is 0.119 e. The molecular formula is C11H15O. The highest BCUT2D eigenvalue weighted by Gasteiger charge is 1.92. The maximum atomic E-state index is 5.47. The first-order valence-corrected chi connectivity index (χ1v) is 4.34. The second kappa shape index (κ2) is 4.81. The van der Waals surface area contributed by atoms with Crippen LogP contribution in [0, 0.1) is 13.3 Å². The molecule has 0 amide bonds. The van der Waals surface area contributed by atoms with Crippen LogP contribution in [0.1, 0.15) is 18.9 Å². The molecule has 1 radical (unpaired) electrons. The van der Waals surface area contributed by atoms with Crippen LogP contribution in [0.25, 0.3) is 0 Å². The molecule has 1 aromatic carbocycles. The Morgan fingerprint density at radius 3 is 2.92 bits per heavy atom. The molecule has 0 aliphatic heterocycles. The Hall–Kier alpha value is -0.980. The van der Waals surface area contributed by atoms with Gasteiger partial charge in [-0.3, -0.25) is 0 Å². The summed E-state index contributed by atoms with van der Waals surface area (Å²) < 4.78 is 5.47. The van der Waals surface area contributed by atoms with E-state index in [4.69, 9.17) is 4.74 Å². The first-order chi connectivity index (χ1) is 5.83. The third-order valence-electron chi connectivity index (χ3n) is 1.65. The number of ether oxygens (including phenoxy) is 1. The van der Waals surface area contributed by atoms with Crippen molar-refractivity contribution >= 4 is 0 Å². The number of aryl methyl sites for hydroxylation is 1. The molecule has 0 saturated heterocycles. The Bertz CT molecular complexity index is 230. The van der Waals surface area contributed by atoms with E-state index in [1.807, 2.05) is 18.2 Å². The summed E-state index contributed by atoms with van der Waals surface area (Å²) in [4.78, 5) is 0. The van der Waals surface area contributed by atoms with Crippen molar-refractivity contribution in [2.45, 2.75) is 20.3 Å². The van der Waals surface area contributed by atoms with Crippen molar-refractivity contribution < 1.29 is 4.74 Å². The number of hydrogen-bond acceptors (Lipinski definition) is 1. The molecule has 0 bridgehead atoms. The Morgan fingerprint density at radius 2 is 2.25 bits per heavy atom. The molecule has 0 fully saturated rings. The van der Waals surface area contributed by atoms with Gasteiger partial charge in [-0.15, -0.1) is 0 Å². The van der Waals surface area contributed by atoms with E-state index in [0.717, 1.165) is 12.2 Å². The predicted octanol–water partition coefficient (Wildman–Crippen LogP) is 2.99. The van der Waals surface area contributed by atoms with Crippen LogP contribution in [0.2, 0.25) is 0 Å². The zero-order chi connectivity index (χ0) is 8.81. The highest BCUT2D eigenvalue weighted by atomic mass is 16.5. The van der Waals surface area contributed by atoms with Gasteiger partial charge >= 0.3 is 0 Å². The number of rotatable bonds is 4. The van der Waals surface area contributed by atoms with Crippen LogP contribution < -0.4 is 4.74 Å². The summed E-state index contributed by atoms with van der Waals surface area (Å²) >= 11 is 0. The van der Waals surface area contributed by atoms with Crippen molar-refractivity contribution in [1.82, 2.24) is 0 Å². The lowest BCUT2D eigenvalue weighted by Gasteiger charge is -2.04. The van der Waals surface area contributed by atoms with Gasteiger partial charge < -0.3 is 4.74 Å². The highest BCUT2D eigenvalue weighted by Crippen LogP contribution is 2.12. The van der Waals surface area contributed by atoms with E-state index >= 15 is 0 Å².